The molecule has 24 heavy (non-hydrogen) atoms. The fourth-order valence-electron chi connectivity index (χ4n) is 2.99. The number of anilines is 1. The first-order chi connectivity index (χ1) is 11.6. The molecule has 0 radical (unpaired) electrons. The zero-order chi connectivity index (χ0) is 16.9. The molecule has 1 saturated heterocycles. The number of carbonyl (C=O) groups excluding carboxylic acids is 1. The Morgan fingerprint density at radius 1 is 1.29 bits per heavy atom. The minimum Gasteiger partial charge on any atom is -0.370 e. The number of hydrogen-bond acceptors (Lipinski definition) is 3. The van der Waals surface area contributed by atoms with Crippen LogP contribution in [-0.2, 0) is 0 Å². The van der Waals surface area contributed by atoms with Gasteiger partial charge in [-0.3, -0.25) is 4.79 Å². The molecule has 1 aliphatic heterocycles. The number of likely N-dealkylation sites (tertiary alicyclic amines) is 1. The van der Waals surface area contributed by atoms with Gasteiger partial charge in [0.25, 0.3) is 5.91 Å². The van der Waals surface area contributed by atoms with Gasteiger partial charge in [0, 0.05) is 35.9 Å². The van der Waals surface area contributed by atoms with Crippen molar-refractivity contribution in [1.82, 2.24) is 9.88 Å². The highest BCUT2D eigenvalue weighted by molar-refractivity contribution is 9.10. The summed E-state index contributed by atoms with van der Waals surface area (Å²) < 4.78 is 1.03. The highest BCUT2D eigenvalue weighted by atomic mass is 79.9. The second kappa shape index (κ2) is 7.79. The van der Waals surface area contributed by atoms with E-state index in [2.05, 4.69) is 39.2 Å². The topological polar surface area (TPSA) is 45.2 Å². The standard InChI is InChI=1S/C19H22BrN3O/c1-14-11-18(22-13-17(14)20)21-12-15-7-9-23(10-8-15)19(24)16-5-3-2-4-6-16/h2-6,11,13,15H,7-10,12H2,1H3,(H,21,22). The summed E-state index contributed by atoms with van der Waals surface area (Å²) in [7, 11) is 0. The molecule has 3 rings (SSSR count). The van der Waals surface area contributed by atoms with Gasteiger partial charge in [-0.25, -0.2) is 4.98 Å². The maximum absolute atomic E-state index is 12.5. The van der Waals surface area contributed by atoms with Crippen molar-refractivity contribution < 1.29 is 4.79 Å². The number of aryl methyl sites for hydroxylation is 1. The van der Waals surface area contributed by atoms with Crippen LogP contribution >= 0.6 is 15.9 Å². The summed E-state index contributed by atoms with van der Waals surface area (Å²) >= 11 is 3.47. The Kier molecular flexibility index (Phi) is 5.51. The monoisotopic (exact) mass is 387 g/mol. The number of rotatable bonds is 4. The molecule has 1 N–H and O–H groups in total. The molecule has 0 atom stereocenters. The summed E-state index contributed by atoms with van der Waals surface area (Å²) in [5, 5.41) is 3.42. The number of nitrogens with one attached hydrogen (secondary N) is 1. The van der Waals surface area contributed by atoms with Gasteiger partial charge >= 0.3 is 0 Å². The highest BCUT2D eigenvalue weighted by Gasteiger charge is 2.23. The number of carbonyl (C=O) groups is 1. The van der Waals surface area contributed by atoms with Crippen molar-refractivity contribution in [3.63, 3.8) is 0 Å². The number of benzene rings is 1. The van der Waals surface area contributed by atoms with Gasteiger partial charge in [-0.05, 0) is 65.4 Å². The molecule has 0 aliphatic carbocycles. The first-order valence-corrected chi connectivity index (χ1v) is 9.13. The fourth-order valence-corrected chi connectivity index (χ4v) is 3.21. The highest BCUT2D eigenvalue weighted by Crippen LogP contribution is 2.21. The Morgan fingerprint density at radius 3 is 2.67 bits per heavy atom. The number of pyridine rings is 1. The molecule has 4 nitrogen and oxygen atoms in total. The summed E-state index contributed by atoms with van der Waals surface area (Å²) in [6.45, 7) is 4.62. The zero-order valence-corrected chi connectivity index (χ0v) is 15.4. The Balaban J connectivity index is 1.48. The summed E-state index contributed by atoms with van der Waals surface area (Å²) in [6, 6.07) is 11.6. The molecule has 0 spiro atoms. The number of hydrogen-bond donors (Lipinski definition) is 1. The molecule has 0 bridgehead atoms. The molecule has 2 heterocycles. The molecular weight excluding hydrogens is 366 g/mol. The molecule has 1 amide bonds. The van der Waals surface area contributed by atoms with Crippen molar-refractivity contribution in [2.24, 2.45) is 5.92 Å². The van der Waals surface area contributed by atoms with Crippen LogP contribution in [0.5, 0.6) is 0 Å². The molecule has 0 unspecified atom stereocenters. The van der Waals surface area contributed by atoms with E-state index in [0.29, 0.717) is 5.92 Å². The maximum Gasteiger partial charge on any atom is 0.253 e. The van der Waals surface area contributed by atoms with Crippen molar-refractivity contribution >= 4 is 27.7 Å². The van der Waals surface area contributed by atoms with Gasteiger partial charge in [0.05, 0.1) is 0 Å². The lowest BCUT2D eigenvalue weighted by atomic mass is 9.96. The normalized spacial score (nSPS) is 15.3. The zero-order valence-electron chi connectivity index (χ0n) is 13.8. The smallest absolute Gasteiger partial charge is 0.253 e. The molecule has 0 saturated carbocycles. The van der Waals surface area contributed by atoms with Crippen LogP contribution in [0.15, 0.2) is 47.1 Å². The number of aromatic nitrogens is 1. The van der Waals surface area contributed by atoms with Crippen molar-refractivity contribution in [2.75, 3.05) is 25.0 Å². The van der Waals surface area contributed by atoms with Gasteiger partial charge in [-0.2, -0.15) is 0 Å². The van der Waals surface area contributed by atoms with E-state index in [1.54, 1.807) is 0 Å². The third kappa shape index (κ3) is 4.15. The second-order valence-corrected chi connectivity index (χ2v) is 7.16. The predicted molar refractivity (Wildman–Crippen MR) is 100 cm³/mol. The van der Waals surface area contributed by atoms with E-state index in [4.69, 9.17) is 0 Å². The minimum absolute atomic E-state index is 0.146. The van der Waals surface area contributed by atoms with E-state index >= 15 is 0 Å². The third-order valence-corrected chi connectivity index (χ3v) is 5.37. The summed E-state index contributed by atoms with van der Waals surface area (Å²) in [5.74, 6) is 1.64. The lowest BCUT2D eigenvalue weighted by Crippen LogP contribution is -2.39. The Labute approximate surface area is 151 Å². The van der Waals surface area contributed by atoms with E-state index in [1.807, 2.05) is 41.4 Å². The van der Waals surface area contributed by atoms with Gasteiger partial charge in [-0.1, -0.05) is 18.2 Å². The van der Waals surface area contributed by atoms with E-state index in [0.717, 1.165) is 48.3 Å². The first-order valence-electron chi connectivity index (χ1n) is 8.34. The second-order valence-electron chi connectivity index (χ2n) is 6.30. The van der Waals surface area contributed by atoms with Crippen LogP contribution in [0.25, 0.3) is 0 Å². The van der Waals surface area contributed by atoms with E-state index < -0.39 is 0 Å². The van der Waals surface area contributed by atoms with E-state index in [9.17, 15) is 4.79 Å². The van der Waals surface area contributed by atoms with Crippen LogP contribution in [-0.4, -0.2) is 35.4 Å². The molecule has 1 aliphatic rings. The molecule has 1 fully saturated rings. The van der Waals surface area contributed by atoms with Crippen molar-refractivity contribution in [1.29, 1.82) is 0 Å². The lowest BCUT2D eigenvalue weighted by molar-refractivity contribution is 0.0695. The third-order valence-electron chi connectivity index (χ3n) is 4.54. The van der Waals surface area contributed by atoms with Crippen molar-refractivity contribution in [2.45, 2.75) is 19.8 Å². The first kappa shape index (κ1) is 17.0. The number of piperidine rings is 1. The largest absolute Gasteiger partial charge is 0.370 e. The average Bonchev–Trinajstić information content (AvgIpc) is 2.63. The Morgan fingerprint density at radius 2 is 2.00 bits per heavy atom. The van der Waals surface area contributed by atoms with Crippen LogP contribution < -0.4 is 5.32 Å². The van der Waals surface area contributed by atoms with Crippen LogP contribution in [0, 0.1) is 12.8 Å². The van der Waals surface area contributed by atoms with Gasteiger partial charge in [0.2, 0.25) is 0 Å². The van der Waals surface area contributed by atoms with Crippen LogP contribution in [0.2, 0.25) is 0 Å². The van der Waals surface area contributed by atoms with Gasteiger partial charge in [0.15, 0.2) is 0 Å². The number of halogens is 1. The van der Waals surface area contributed by atoms with Gasteiger partial charge in [-0.15, -0.1) is 0 Å². The molecule has 1 aromatic heterocycles. The van der Waals surface area contributed by atoms with Crippen LogP contribution in [0.3, 0.4) is 0 Å². The molecule has 126 valence electrons. The average molecular weight is 388 g/mol. The van der Waals surface area contributed by atoms with Gasteiger partial charge < -0.3 is 10.2 Å². The van der Waals surface area contributed by atoms with E-state index in [1.165, 1.54) is 5.56 Å². The van der Waals surface area contributed by atoms with Gasteiger partial charge in [0.1, 0.15) is 5.82 Å². The van der Waals surface area contributed by atoms with E-state index in [-0.39, 0.29) is 5.91 Å². The molecule has 1 aromatic carbocycles. The van der Waals surface area contributed by atoms with Crippen LogP contribution in [0.4, 0.5) is 5.82 Å². The quantitative estimate of drug-likeness (QED) is 0.857. The lowest BCUT2D eigenvalue weighted by Gasteiger charge is -2.32. The molecule has 5 heteroatoms. The SMILES string of the molecule is Cc1cc(NCC2CCN(C(=O)c3ccccc3)CC2)ncc1Br. The molecular formula is C19H22BrN3O. The minimum atomic E-state index is 0.146. The summed E-state index contributed by atoms with van der Waals surface area (Å²) in [6.07, 6.45) is 3.89. The Bertz CT molecular complexity index is 697. The number of amides is 1. The molecule has 2 aromatic rings. The number of nitrogens with zero attached hydrogens (tertiary/aromatic N) is 2. The fraction of sp³-hybridized carbons (Fsp3) is 0.368. The Hall–Kier alpha value is -1.88. The maximum atomic E-state index is 12.5. The predicted octanol–water partition coefficient (Wildman–Crippen LogP) is 4.12. The van der Waals surface area contributed by atoms with Crippen molar-refractivity contribution in [3.8, 4) is 0 Å². The summed E-state index contributed by atoms with van der Waals surface area (Å²) in [4.78, 5) is 18.8. The van der Waals surface area contributed by atoms with Crippen LogP contribution in [0.1, 0.15) is 28.8 Å². The summed E-state index contributed by atoms with van der Waals surface area (Å²) in [5.41, 5.74) is 1.96. The van der Waals surface area contributed by atoms with Crippen molar-refractivity contribution in [3.05, 3.63) is 58.2 Å².